The minimum Gasteiger partial charge on any atom is -0.278 e. The summed E-state index contributed by atoms with van der Waals surface area (Å²) in [5.74, 6) is -0.720. The second-order valence-corrected chi connectivity index (χ2v) is 3.33. The number of nitriles is 1. The lowest BCUT2D eigenvalue weighted by Crippen LogP contribution is -2.26. The van der Waals surface area contributed by atoms with Gasteiger partial charge in [0, 0.05) is 6.92 Å². The van der Waals surface area contributed by atoms with E-state index in [9.17, 15) is 22.8 Å². The lowest BCUT2D eigenvalue weighted by molar-refractivity contribution is -0.138. The molecule has 94 valence electrons. The van der Waals surface area contributed by atoms with Crippen LogP contribution in [0.1, 0.15) is 18.1 Å². The molecule has 0 aliphatic carbocycles. The van der Waals surface area contributed by atoms with Crippen molar-refractivity contribution in [1.82, 2.24) is 0 Å². The predicted octanol–water partition coefficient (Wildman–Crippen LogP) is 2.09. The molecule has 2 amide bonds. The molecule has 1 rings (SSSR count). The van der Waals surface area contributed by atoms with Gasteiger partial charge in [-0.3, -0.25) is 14.5 Å². The molecule has 0 aliphatic heterocycles. The van der Waals surface area contributed by atoms with Crippen LogP contribution in [0.2, 0.25) is 0 Å². The van der Waals surface area contributed by atoms with E-state index in [1.807, 2.05) is 0 Å². The molecular weight excluding hydrogens is 249 g/mol. The Bertz CT molecular complexity index is 532. The number of rotatable bonds is 2. The first-order valence-electron chi connectivity index (χ1n) is 4.67. The zero-order valence-electron chi connectivity index (χ0n) is 9.15. The zero-order chi connectivity index (χ0) is 13.9. The van der Waals surface area contributed by atoms with Crippen LogP contribution >= 0.6 is 0 Å². The van der Waals surface area contributed by atoms with Crippen LogP contribution in [0.15, 0.2) is 18.2 Å². The second-order valence-electron chi connectivity index (χ2n) is 3.33. The van der Waals surface area contributed by atoms with Gasteiger partial charge in [-0.2, -0.15) is 18.4 Å². The predicted molar refractivity (Wildman–Crippen MR) is 55.4 cm³/mol. The molecule has 0 saturated carbocycles. The van der Waals surface area contributed by atoms with Gasteiger partial charge < -0.3 is 0 Å². The average Bonchev–Trinajstić information content (AvgIpc) is 2.28. The lowest BCUT2D eigenvalue weighted by atomic mass is 10.1. The van der Waals surface area contributed by atoms with Gasteiger partial charge in [0.15, 0.2) is 0 Å². The van der Waals surface area contributed by atoms with E-state index in [4.69, 9.17) is 5.26 Å². The van der Waals surface area contributed by atoms with E-state index < -0.39 is 23.2 Å². The largest absolute Gasteiger partial charge is 0.417 e. The maximum atomic E-state index is 12.6. The molecule has 0 aliphatic rings. The van der Waals surface area contributed by atoms with Crippen LogP contribution in [0, 0.1) is 11.3 Å². The number of carbonyl (C=O) groups excluding carboxylic acids is 2. The van der Waals surface area contributed by atoms with Crippen LogP contribution < -0.4 is 4.90 Å². The topological polar surface area (TPSA) is 61.2 Å². The Morgan fingerprint density at radius 3 is 2.44 bits per heavy atom. The van der Waals surface area contributed by atoms with Crippen molar-refractivity contribution in [3.8, 4) is 6.07 Å². The molecule has 0 spiro atoms. The minimum absolute atomic E-state index is 0.115. The van der Waals surface area contributed by atoms with E-state index in [1.165, 1.54) is 6.07 Å². The molecule has 0 bridgehead atoms. The van der Waals surface area contributed by atoms with Crippen molar-refractivity contribution in [2.75, 3.05) is 4.90 Å². The number of halogens is 3. The van der Waals surface area contributed by atoms with E-state index in [0.717, 1.165) is 19.1 Å². The van der Waals surface area contributed by atoms with Crippen molar-refractivity contribution in [3.63, 3.8) is 0 Å². The number of amides is 2. The highest BCUT2D eigenvalue weighted by molar-refractivity contribution is 6.05. The zero-order valence-corrected chi connectivity index (χ0v) is 9.15. The maximum Gasteiger partial charge on any atom is 0.417 e. The number of anilines is 1. The molecule has 0 heterocycles. The van der Waals surface area contributed by atoms with Crippen molar-refractivity contribution in [2.24, 2.45) is 0 Å². The molecule has 0 radical (unpaired) electrons. The molecular formula is C11H7F3N2O2. The fraction of sp³-hybridized carbons (Fsp3) is 0.182. The van der Waals surface area contributed by atoms with Gasteiger partial charge in [0.05, 0.1) is 22.9 Å². The summed E-state index contributed by atoms with van der Waals surface area (Å²) < 4.78 is 37.9. The molecule has 18 heavy (non-hydrogen) atoms. The Kier molecular flexibility index (Phi) is 3.71. The van der Waals surface area contributed by atoms with Gasteiger partial charge in [-0.25, -0.2) is 0 Å². The molecule has 0 saturated heterocycles. The number of imide groups is 1. The molecule has 7 heteroatoms. The summed E-state index contributed by atoms with van der Waals surface area (Å²) in [6.45, 7) is 1.04. The summed E-state index contributed by atoms with van der Waals surface area (Å²) in [5, 5.41) is 8.58. The number of hydrogen-bond acceptors (Lipinski definition) is 3. The quantitative estimate of drug-likeness (QED) is 0.761. The normalized spacial score (nSPS) is 10.6. The molecule has 0 N–H and O–H groups in total. The van der Waals surface area contributed by atoms with Gasteiger partial charge in [0.1, 0.15) is 0 Å². The fourth-order valence-electron chi connectivity index (χ4n) is 1.33. The smallest absolute Gasteiger partial charge is 0.278 e. The number of nitrogens with zero attached hydrogens (tertiary/aromatic N) is 2. The summed E-state index contributed by atoms with van der Waals surface area (Å²) >= 11 is 0. The molecule has 1 aromatic carbocycles. The standard InChI is InChI=1S/C11H7F3N2O2/c1-7(18)16(6-17)9-3-2-8(5-15)10(4-9)11(12,13)14/h2-4,6H,1H3. The third-order valence-corrected chi connectivity index (χ3v) is 2.15. The monoisotopic (exact) mass is 256 g/mol. The number of carbonyl (C=O) groups is 2. The Balaban J connectivity index is 3.40. The fourth-order valence-corrected chi connectivity index (χ4v) is 1.33. The summed E-state index contributed by atoms with van der Waals surface area (Å²) in [4.78, 5) is 22.2. The van der Waals surface area contributed by atoms with Crippen LogP contribution in [-0.4, -0.2) is 12.3 Å². The van der Waals surface area contributed by atoms with E-state index >= 15 is 0 Å². The minimum atomic E-state index is -4.73. The van der Waals surface area contributed by atoms with Crippen molar-refractivity contribution in [1.29, 1.82) is 5.26 Å². The second kappa shape index (κ2) is 4.87. The summed E-state index contributed by atoms with van der Waals surface area (Å²) in [6.07, 6.45) is -4.61. The van der Waals surface area contributed by atoms with Gasteiger partial charge in [-0.15, -0.1) is 0 Å². The first kappa shape index (κ1) is 13.7. The molecule has 4 nitrogen and oxygen atoms in total. The highest BCUT2D eigenvalue weighted by Gasteiger charge is 2.34. The number of hydrogen-bond donors (Lipinski definition) is 0. The Morgan fingerprint density at radius 2 is 2.06 bits per heavy atom. The SMILES string of the molecule is CC(=O)N(C=O)c1ccc(C#N)c(C(F)(F)F)c1. The van der Waals surface area contributed by atoms with Gasteiger partial charge >= 0.3 is 6.18 Å². The molecule has 0 fully saturated rings. The van der Waals surface area contributed by atoms with Crippen LogP contribution in [0.3, 0.4) is 0 Å². The molecule has 0 aromatic heterocycles. The molecule has 1 aromatic rings. The number of alkyl halides is 3. The van der Waals surface area contributed by atoms with Crippen LogP contribution in [0.25, 0.3) is 0 Å². The third kappa shape index (κ3) is 2.66. The summed E-state index contributed by atoms with van der Waals surface area (Å²) in [5.41, 5.74) is -1.99. The van der Waals surface area contributed by atoms with Crippen molar-refractivity contribution < 1.29 is 22.8 Å². The van der Waals surface area contributed by atoms with Crippen LogP contribution in [-0.2, 0) is 15.8 Å². The van der Waals surface area contributed by atoms with Crippen LogP contribution in [0.5, 0.6) is 0 Å². The van der Waals surface area contributed by atoms with E-state index in [-0.39, 0.29) is 12.1 Å². The third-order valence-electron chi connectivity index (χ3n) is 2.15. The van der Waals surface area contributed by atoms with Crippen molar-refractivity contribution in [3.05, 3.63) is 29.3 Å². The maximum absolute atomic E-state index is 12.6. The van der Waals surface area contributed by atoms with Crippen LogP contribution in [0.4, 0.5) is 18.9 Å². The van der Waals surface area contributed by atoms with E-state index in [0.29, 0.717) is 11.0 Å². The Morgan fingerprint density at radius 1 is 1.44 bits per heavy atom. The van der Waals surface area contributed by atoms with E-state index in [1.54, 1.807) is 0 Å². The summed E-state index contributed by atoms with van der Waals surface area (Å²) in [6, 6.07) is 4.01. The lowest BCUT2D eigenvalue weighted by Gasteiger charge is -2.16. The Labute approximate surface area is 100 Å². The van der Waals surface area contributed by atoms with Crippen molar-refractivity contribution in [2.45, 2.75) is 13.1 Å². The molecule has 0 unspecified atom stereocenters. The summed E-state index contributed by atoms with van der Waals surface area (Å²) in [7, 11) is 0. The molecule has 0 atom stereocenters. The van der Waals surface area contributed by atoms with E-state index in [2.05, 4.69) is 0 Å². The number of benzene rings is 1. The highest BCUT2D eigenvalue weighted by atomic mass is 19.4. The average molecular weight is 256 g/mol. The first-order chi connectivity index (χ1) is 8.31. The van der Waals surface area contributed by atoms with Gasteiger partial charge in [0.2, 0.25) is 12.3 Å². The Hall–Kier alpha value is -2.36. The first-order valence-corrected chi connectivity index (χ1v) is 4.67. The highest BCUT2D eigenvalue weighted by Crippen LogP contribution is 2.34. The van der Waals surface area contributed by atoms with Gasteiger partial charge in [0.25, 0.3) is 0 Å². The van der Waals surface area contributed by atoms with Crippen molar-refractivity contribution >= 4 is 18.0 Å². The van der Waals surface area contributed by atoms with Gasteiger partial charge in [-0.1, -0.05) is 0 Å². The van der Waals surface area contributed by atoms with Gasteiger partial charge in [-0.05, 0) is 18.2 Å².